The van der Waals surface area contributed by atoms with Crippen LogP contribution in [0.4, 0.5) is 11.4 Å². The van der Waals surface area contributed by atoms with E-state index in [9.17, 15) is 19.2 Å². The molecule has 3 aromatic carbocycles. The highest BCUT2D eigenvalue weighted by atomic mass is 35.5. The fraction of sp³-hybridized carbons (Fsp3) is 0.185. The van der Waals surface area contributed by atoms with Crippen molar-refractivity contribution in [1.82, 2.24) is 0 Å². The number of rotatable bonds is 11. The molecular weight excluding hydrogens is 516 g/mol. The van der Waals surface area contributed by atoms with Crippen molar-refractivity contribution in [2.24, 2.45) is 0 Å². The number of carbonyl (C=O) groups excluding carboxylic acids is 4. The first-order valence-electron chi connectivity index (χ1n) is 11.4. The summed E-state index contributed by atoms with van der Waals surface area (Å²) in [7, 11) is 0. The average molecular weight is 541 g/mol. The molecule has 0 heterocycles. The van der Waals surface area contributed by atoms with Crippen LogP contribution in [0.3, 0.4) is 0 Å². The van der Waals surface area contributed by atoms with Crippen LogP contribution in [0.5, 0.6) is 0 Å². The number of anilines is 2. The van der Waals surface area contributed by atoms with Gasteiger partial charge in [0.15, 0.2) is 6.61 Å². The Bertz CT molecular complexity index is 1230. The highest BCUT2D eigenvalue weighted by Crippen LogP contribution is 2.29. The summed E-state index contributed by atoms with van der Waals surface area (Å²) in [4.78, 5) is 49.8. The van der Waals surface area contributed by atoms with Crippen LogP contribution in [-0.2, 0) is 23.9 Å². The van der Waals surface area contributed by atoms with E-state index < -0.39 is 24.5 Å². The molecule has 0 aliphatic rings. The summed E-state index contributed by atoms with van der Waals surface area (Å²) in [5, 5.41) is 5.96. The first-order valence-corrected chi connectivity index (χ1v) is 12.6. The fourth-order valence-corrected chi connectivity index (χ4v) is 3.95. The number of halogens is 1. The number of nitrogens with one attached hydrogen (secondary N) is 2. The standard InChI is InChI=1S/C27H25ClN2O6S/c1-2-35-27(34)18-3-7-20(8-4-18)30-25(32)17-36-26(33)16-15-24(31)29-21-9-13-23(14-10-21)37-22-11-5-19(28)6-12-22/h3-14H,2,15-17H2,1H3,(H,29,31)(H,30,32). The van der Waals surface area contributed by atoms with E-state index in [1.165, 1.54) is 12.1 Å². The third-order valence-corrected chi connectivity index (χ3v) is 6.06. The van der Waals surface area contributed by atoms with Crippen LogP contribution in [0.2, 0.25) is 5.02 Å². The molecule has 0 saturated heterocycles. The van der Waals surface area contributed by atoms with Gasteiger partial charge in [-0.05, 0) is 79.7 Å². The van der Waals surface area contributed by atoms with Crippen LogP contribution >= 0.6 is 23.4 Å². The Labute approximate surface area is 223 Å². The van der Waals surface area contributed by atoms with Crippen LogP contribution in [0.1, 0.15) is 30.1 Å². The monoisotopic (exact) mass is 540 g/mol. The molecule has 0 fully saturated rings. The Morgan fingerprint density at radius 1 is 0.730 bits per heavy atom. The normalized spacial score (nSPS) is 10.3. The largest absolute Gasteiger partial charge is 0.462 e. The van der Waals surface area contributed by atoms with Crippen LogP contribution < -0.4 is 10.6 Å². The molecule has 0 saturated carbocycles. The van der Waals surface area contributed by atoms with Crippen LogP contribution in [0, 0.1) is 0 Å². The maximum Gasteiger partial charge on any atom is 0.338 e. The van der Waals surface area contributed by atoms with Gasteiger partial charge in [-0.3, -0.25) is 14.4 Å². The van der Waals surface area contributed by atoms with Crippen molar-refractivity contribution >= 4 is 58.5 Å². The zero-order valence-corrected chi connectivity index (χ0v) is 21.6. The molecule has 192 valence electrons. The Hall–Kier alpha value is -3.82. The van der Waals surface area contributed by atoms with Crippen molar-refractivity contribution in [2.45, 2.75) is 29.6 Å². The molecule has 0 radical (unpaired) electrons. The summed E-state index contributed by atoms with van der Waals surface area (Å²) in [6.45, 7) is 1.48. The number of carbonyl (C=O) groups is 4. The van der Waals surface area contributed by atoms with Crippen molar-refractivity contribution in [3.8, 4) is 0 Å². The molecule has 0 atom stereocenters. The van der Waals surface area contributed by atoms with Gasteiger partial charge in [0.2, 0.25) is 5.91 Å². The molecule has 0 aliphatic heterocycles. The van der Waals surface area contributed by atoms with E-state index in [0.717, 1.165) is 9.79 Å². The lowest BCUT2D eigenvalue weighted by Crippen LogP contribution is -2.21. The molecule has 2 N–H and O–H groups in total. The first kappa shape index (κ1) is 27.8. The number of benzene rings is 3. The van der Waals surface area contributed by atoms with Crippen LogP contribution in [0.25, 0.3) is 0 Å². The summed E-state index contributed by atoms with van der Waals surface area (Å²) < 4.78 is 9.83. The number of hydrogen-bond donors (Lipinski definition) is 2. The minimum atomic E-state index is -0.669. The summed E-state index contributed by atoms with van der Waals surface area (Å²) >= 11 is 7.47. The molecule has 0 spiro atoms. The minimum Gasteiger partial charge on any atom is -0.462 e. The second-order valence-electron chi connectivity index (χ2n) is 7.64. The molecule has 0 aliphatic carbocycles. The Morgan fingerprint density at radius 2 is 1.27 bits per heavy atom. The first-order chi connectivity index (χ1) is 17.8. The number of hydrogen-bond acceptors (Lipinski definition) is 7. The highest BCUT2D eigenvalue weighted by Gasteiger charge is 2.12. The molecule has 3 aromatic rings. The molecule has 3 rings (SSSR count). The van der Waals surface area contributed by atoms with Gasteiger partial charge in [0, 0.05) is 32.6 Å². The lowest BCUT2D eigenvalue weighted by molar-refractivity contribution is -0.147. The van der Waals surface area contributed by atoms with Crippen molar-refractivity contribution in [3.05, 3.63) is 83.4 Å². The lowest BCUT2D eigenvalue weighted by atomic mass is 10.2. The van der Waals surface area contributed by atoms with Gasteiger partial charge in [-0.1, -0.05) is 23.4 Å². The second kappa shape index (κ2) is 14.1. The number of esters is 2. The Balaban J connectivity index is 1.35. The third kappa shape index (κ3) is 9.63. The predicted octanol–water partition coefficient (Wildman–Crippen LogP) is 5.57. The van der Waals surface area contributed by atoms with Gasteiger partial charge in [0.25, 0.3) is 5.91 Å². The molecule has 0 aromatic heterocycles. The topological polar surface area (TPSA) is 111 Å². The maximum absolute atomic E-state index is 12.2. The van der Waals surface area contributed by atoms with Crippen LogP contribution in [-0.4, -0.2) is 37.0 Å². The Morgan fingerprint density at radius 3 is 1.86 bits per heavy atom. The summed E-state index contributed by atoms with van der Waals surface area (Å²) in [5.74, 6) is -2.01. The maximum atomic E-state index is 12.2. The van der Waals surface area contributed by atoms with Crippen molar-refractivity contribution in [3.63, 3.8) is 0 Å². The highest BCUT2D eigenvalue weighted by molar-refractivity contribution is 7.99. The third-order valence-electron chi connectivity index (χ3n) is 4.79. The zero-order valence-electron chi connectivity index (χ0n) is 20.0. The quantitative estimate of drug-likeness (QED) is 0.306. The Kier molecular flexibility index (Phi) is 10.5. The van der Waals surface area contributed by atoms with Gasteiger partial charge in [-0.2, -0.15) is 0 Å². The van der Waals surface area contributed by atoms with Crippen molar-refractivity contribution in [1.29, 1.82) is 0 Å². The average Bonchev–Trinajstić information content (AvgIpc) is 2.89. The van der Waals surface area contributed by atoms with Gasteiger partial charge in [-0.15, -0.1) is 0 Å². The lowest BCUT2D eigenvalue weighted by Gasteiger charge is -2.08. The van der Waals surface area contributed by atoms with Gasteiger partial charge in [-0.25, -0.2) is 4.79 Å². The van der Waals surface area contributed by atoms with E-state index in [4.69, 9.17) is 21.1 Å². The SMILES string of the molecule is CCOC(=O)c1ccc(NC(=O)COC(=O)CCC(=O)Nc2ccc(Sc3ccc(Cl)cc3)cc2)cc1. The fourth-order valence-electron chi connectivity index (χ4n) is 3.00. The van der Waals surface area contributed by atoms with Gasteiger partial charge in [0.1, 0.15) is 0 Å². The molecule has 37 heavy (non-hydrogen) atoms. The van der Waals surface area contributed by atoms with Gasteiger partial charge in [0.05, 0.1) is 18.6 Å². The number of amides is 2. The second-order valence-corrected chi connectivity index (χ2v) is 9.22. The summed E-state index contributed by atoms with van der Waals surface area (Å²) in [6, 6.07) is 20.9. The smallest absolute Gasteiger partial charge is 0.338 e. The molecule has 2 amide bonds. The minimum absolute atomic E-state index is 0.0863. The zero-order chi connectivity index (χ0) is 26.6. The van der Waals surface area contributed by atoms with E-state index >= 15 is 0 Å². The van der Waals surface area contributed by atoms with E-state index in [1.807, 2.05) is 36.4 Å². The molecular formula is C27H25ClN2O6S. The van der Waals surface area contributed by atoms with Crippen molar-refractivity contribution in [2.75, 3.05) is 23.8 Å². The number of ether oxygens (including phenoxy) is 2. The molecule has 0 bridgehead atoms. The predicted molar refractivity (Wildman–Crippen MR) is 142 cm³/mol. The summed E-state index contributed by atoms with van der Waals surface area (Å²) in [6.07, 6.45) is -0.255. The van der Waals surface area contributed by atoms with Crippen molar-refractivity contribution < 1.29 is 28.7 Å². The van der Waals surface area contributed by atoms with E-state index in [-0.39, 0.29) is 25.4 Å². The van der Waals surface area contributed by atoms with Crippen LogP contribution in [0.15, 0.2) is 82.6 Å². The van der Waals surface area contributed by atoms with Gasteiger partial charge < -0.3 is 20.1 Å². The van der Waals surface area contributed by atoms with E-state index in [0.29, 0.717) is 22.0 Å². The molecule has 0 unspecified atom stereocenters. The van der Waals surface area contributed by atoms with E-state index in [2.05, 4.69) is 10.6 Å². The van der Waals surface area contributed by atoms with Gasteiger partial charge >= 0.3 is 11.9 Å². The van der Waals surface area contributed by atoms with E-state index in [1.54, 1.807) is 43.0 Å². The summed E-state index contributed by atoms with van der Waals surface area (Å²) in [5.41, 5.74) is 1.40. The molecule has 10 heteroatoms. The molecule has 8 nitrogen and oxygen atoms in total.